The molecular formula is C20H25N3O6S2. The van der Waals surface area contributed by atoms with Gasteiger partial charge in [-0.2, -0.15) is 0 Å². The van der Waals surface area contributed by atoms with Crippen molar-refractivity contribution in [1.29, 1.82) is 0 Å². The zero-order chi connectivity index (χ0) is 23.2. The predicted octanol–water partition coefficient (Wildman–Crippen LogP) is 1.12. The van der Waals surface area contributed by atoms with Crippen LogP contribution in [-0.2, 0) is 31.4 Å². The van der Waals surface area contributed by atoms with Gasteiger partial charge in [0.05, 0.1) is 9.79 Å². The van der Waals surface area contributed by atoms with Crippen molar-refractivity contribution < 1.29 is 26.4 Å². The molecule has 0 saturated carbocycles. The minimum absolute atomic E-state index is 0.00525. The Kier molecular flexibility index (Phi) is 8.07. The molecule has 0 fully saturated rings. The third-order valence-electron chi connectivity index (χ3n) is 4.41. The standard InChI is InChI=1S/C20H25N3O6S2/c1-15(24)17-6-10-18(11-7-17)30(26,27)22-13-12-20(25)21-14-16-4-8-19(9-5-16)31(28,29)23(2)3/h4-11,22H,12-14H2,1-3H3,(H,21,25). The van der Waals surface area contributed by atoms with Crippen molar-refractivity contribution in [2.75, 3.05) is 20.6 Å². The van der Waals surface area contributed by atoms with Crippen molar-refractivity contribution in [3.05, 3.63) is 59.7 Å². The minimum Gasteiger partial charge on any atom is -0.352 e. The van der Waals surface area contributed by atoms with Crippen molar-refractivity contribution >= 4 is 31.7 Å². The Bertz CT molecular complexity index is 1140. The average Bonchev–Trinajstić information content (AvgIpc) is 2.72. The Morgan fingerprint density at radius 3 is 1.94 bits per heavy atom. The molecule has 0 saturated heterocycles. The Labute approximate surface area is 182 Å². The molecule has 0 aliphatic rings. The summed E-state index contributed by atoms with van der Waals surface area (Å²) in [7, 11) is -4.42. The van der Waals surface area contributed by atoms with Crippen LogP contribution >= 0.6 is 0 Å². The molecule has 0 radical (unpaired) electrons. The Morgan fingerprint density at radius 2 is 1.42 bits per heavy atom. The van der Waals surface area contributed by atoms with E-state index in [2.05, 4.69) is 10.0 Å². The minimum atomic E-state index is -3.79. The highest BCUT2D eigenvalue weighted by atomic mass is 32.2. The molecule has 2 N–H and O–H groups in total. The topological polar surface area (TPSA) is 130 Å². The van der Waals surface area contributed by atoms with Gasteiger partial charge in [0, 0.05) is 39.2 Å². The molecular weight excluding hydrogens is 442 g/mol. The average molecular weight is 468 g/mol. The maximum atomic E-state index is 12.3. The van der Waals surface area contributed by atoms with E-state index in [1.165, 1.54) is 57.4 Å². The van der Waals surface area contributed by atoms with Crippen LogP contribution < -0.4 is 10.0 Å². The quantitative estimate of drug-likeness (QED) is 0.504. The lowest BCUT2D eigenvalue weighted by Gasteiger charge is -2.12. The zero-order valence-electron chi connectivity index (χ0n) is 17.5. The number of carbonyl (C=O) groups excluding carboxylic acids is 2. The summed E-state index contributed by atoms with van der Waals surface area (Å²) in [5, 5.41) is 2.65. The summed E-state index contributed by atoms with van der Waals surface area (Å²) in [5.41, 5.74) is 1.11. The first-order valence-corrected chi connectivity index (χ1v) is 12.2. The number of nitrogens with one attached hydrogen (secondary N) is 2. The lowest BCUT2D eigenvalue weighted by molar-refractivity contribution is -0.121. The molecule has 9 nitrogen and oxygen atoms in total. The number of nitrogens with zero attached hydrogens (tertiary/aromatic N) is 1. The van der Waals surface area contributed by atoms with E-state index in [-0.39, 0.29) is 41.0 Å². The van der Waals surface area contributed by atoms with Crippen molar-refractivity contribution in [3.8, 4) is 0 Å². The molecule has 168 valence electrons. The van der Waals surface area contributed by atoms with Crippen LogP contribution in [0.4, 0.5) is 0 Å². The third-order valence-corrected chi connectivity index (χ3v) is 7.71. The highest BCUT2D eigenvalue weighted by Crippen LogP contribution is 2.14. The molecule has 0 aliphatic heterocycles. The second-order valence-corrected chi connectivity index (χ2v) is 10.9. The molecule has 0 spiro atoms. The van der Waals surface area contributed by atoms with Crippen LogP contribution in [0.2, 0.25) is 0 Å². The predicted molar refractivity (Wildman–Crippen MR) is 115 cm³/mol. The van der Waals surface area contributed by atoms with E-state index >= 15 is 0 Å². The maximum Gasteiger partial charge on any atom is 0.242 e. The Morgan fingerprint density at radius 1 is 0.871 bits per heavy atom. The van der Waals surface area contributed by atoms with Crippen LogP contribution in [0.15, 0.2) is 58.3 Å². The van der Waals surface area contributed by atoms with Gasteiger partial charge in [-0.15, -0.1) is 0 Å². The smallest absolute Gasteiger partial charge is 0.242 e. The molecule has 11 heteroatoms. The molecule has 2 aromatic rings. The van der Waals surface area contributed by atoms with E-state index in [1.54, 1.807) is 12.1 Å². The third kappa shape index (κ3) is 6.69. The first kappa shape index (κ1) is 24.7. The summed E-state index contributed by atoms with van der Waals surface area (Å²) in [6.45, 7) is 1.48. The van der Waals surface area contributed by atoms with Gasteiger partial charge in [-0.25, -0.2) is 25.9 Å². The van der Waals surface area contributed by atoms with Gasteiger partial charge in [-0.3, -0.25) is 9.59 Å². The van der Waals surface area contributed by atoms with Gasteiger partial charge >= 0.3 is 0 Å². The lowest BCUT2D eigenvalue weighted by Crippen LogP contribution is -2.30. The van der Waals surface area contributed by atoms with Crippen molar-refractivity contribution in [2.45, 2.75) is 29.7 Å². The lowest BCUT2D eigenvalue weighted by atomic mass is 10.2. The summed E-state index contributed by atoms with van der Waals surface area (Å²) < 4.78 is 52.1. The number of hydrogen-bond acceptors (Lipinski definition) is 6. The van der Waals surface area contributed by atoms with Gasteiger partial charge in [-0.1, -0.05) is 24.3 Å². The summed E-state index contributed by atoms with van der Waals surface area (Å²) in [4.78, 5) is 23.4. The number of benzene rings is 2. The first-order chi connectivity index (χ1) is 14.4. The molecule has 0 bridgehead atoms. The van der Waals surface area contributed by atoms with Crippen LogP contribution in [0, 0.1) is 0 Å². The highest BCUT2D eigenvalue weighted by Gasteiger charge is 2.17. The van der Waals surface area contributed by atoms with Gasteiger partial charge in [0.25, 0.3) is 0 Å². The van der Waals surface area contributed by atoms with Crippen molar-refractivity contribution in [1.82, 2.24) is 14.3 Å². The number of carbonyl (C=O) groups is 2. The normalized spacial score (nSPS) is 12.0. The molecule has 0 heterocycles. The molecule has 0 atom stereocenters. The summed E-state index contributed by atoms with van der Waals surface area (Å²) in [6.07, 6.45) is -0.0716. The largest absolute Gasteiger partial charge is 0.352 e. The fourth-order valence-corrected chi connectivity index (χ4v) is 4.46. The number of Topliss-reactive ketones (excluding diaryl/α,β-unsaturated/α-hetero) is 1. The number of amides is 1. The van der Waals surface area contributed by atoms with E-state index in [0.29, 0.717) is 11.1 Å². The van der Waals surface area contributed by atoms with Gasteiger partial charge in [-0.05, 0) is 36.8 Å². The molecule has 0 aliphatic carbocycles. The first-order valence-electron chi connectivity index (χ1n) is 9.32. The molecule has 31 heavy (non-hydrogen) atoms. The number of hydrogen-bond donors (Lipinski definition) is 2. The van der Waals surface area contributed by atoms with Crippen LogP contribution in [-0.4, -0.2) is 53.5 Å². The van der Waals surface area contributed by atoms with Gasteiger partial charge in [0.1, 0.15) is 0 Å². The second kappa shape index (κ2) is 10.1. The van der Waals surface area contributed by atoms with Crippen LogP contribution in [0.5, 0.6) is 0 Å². The molecule has 0 aromatic heterocycles. The fourth-order valence-electron chi connectivity index (χ4n) is 2.53. The highest BCUT2D eigenvalue weighted by molar-refractivity contribution is 7.89. The fraction of sp³-hybridized carbons (Fsp3) is 0.300. The summed E-state index contributed by atoms with van der Waals surface area (Å²) in [6, 6.07) is 11.6. The van der Waals surface area contributed by atoms with Gasteiger partial charge in [0.15, 0.2) is 5.78 Å². The maximum absolute atomic E-state index is 12.3. The van der Waals surface area contributed by atoms with Crippen LogP contribution in [0.1, 0.15) is 29.3 Å². The van der Waals surface area contributed by atoms with E-state index in [0.717, 1.165) is 4.31 Å². The zero-order valence-corrected chi connectivity index (χ0v) is 19.1. The molecule has 1 amide bonds. The Hall–Kier alpha value is -2.60. The van der Waals surface area contributed by atoms with Crippen molar-refractivity contribution in [3.63, 3.8) is 0 Å². The van der Waals surface area contributed by atoms with E-state index in [9.17, 15) is 26.4 Å². The molecule has 0 unspecified atom stereocenters. The molecule has 2 aromatic carbocycles. The van der Waals surface area contributed by atoms with E-state index < -0.39 is 20.0 Å². The number of rotatable bonds is 10. The van der Waals surface area contributed by atoms with Crippen LogP contribution in [0.3, 0.4) is 0 Å². The summed E-state index contributed by atoms with van der Waals surface area (Å²) in [5.74, 6) is -0.526. The number of ketones is 1. The van der Waals surface area contributed by atoms with Crippen LogP contribution in [0.25, 0.3) is 0 Å². The van der Waals surface area contributed by atoms with Gasteiger partial charge in [0.2, 0.25) is 26.0 Å². The van der Waals surface area contributed by atoms with Crippen molar-refractivity contribution in [2.24, 2.45) is 0 Å². The van der Waals surface area contributed by atoms with Gasteiger partial charge < -0.3 is 5.32 Å². The monoisotopic (exact) mass is 467 g/mol. The van der Waals surface area contributed by atoms with E-state index in [4.69, 9.17) is 0 Å². The van der Waals surface area contributed by atoms with E-state index in [1.807, 2.05) is 0 Å². The Balaban J connectivity index is 1.83. The summed E-state index contributed by atoms with van der Waals surface area (Å²) >= 11 is 0. The SMILES string of the molecule is CC(=O)c1ccc(S(=O)(=O)NCCC(=O)NCc2ccc(S(=O)(=O)N(C)C)cc2)cc1. The second-order valence-electron chi connectivity index (χ2n) is 6.94. The molecule has 2 rings (SSSR count). The number of sulfonamides is 2.